The Hall–Kier alpha value is -4.18. The number of fused-ring (bicyclic) bond motifs is 1. The summed E-state index contributed by atoms with van der Waals surface area (Å²) in [6, 6.07) is -0.145. The highest BCUT2D eigenvalue weighted by Gasteiger charge is 2.50. The first-order valence-electron chi connectivity index (χ1n) is 16.6. The average molecular weight is 861 g/mol. The zero-order chi connectivity index (χ0) is 41.9. The molecule has 0 radical (unpaired) electrons. The average Bonchev–Trinajstić information content (AvgIpc) is 3.81. The van der Waals surface area contributed by atoms with Crippen LogP contribution in [0.4, 0.5) is 24.8 Å². The van der Waals surface area contributed by atoms with Gasteiger partial charge in [-0.2, -0.15) is 18.2 Å². The van der Waals surface area contributed by atoms with E-state index in [4.69, 9.17) is 40.5 Å². The molecule has 25 nitrogen and oxygen atoms in total. The van der Waals surface area contributed by atoms with Gasteiger partial charge >= 0.3 is 39.4 Å². The number of nitrogen functional groups attached to an aromatic ring is 2. The molecule has 5 rings (SSSR count). The van der Waals surface area contributed by atoms with Crippen LogP contribution in [0.5, 0.6) is 0 Å². The third-order valence-corrected chi connectivity index (χ3v) is 9.93. The van der Waals surface area contributed by atoms with Crippen molar-refractivity contribution in [1.29, 1.82) is 0 Å². The van der Waals surface area contributed by atoms with E-state index in [-0.39, 0.29) is 55.0 Å². The first kappa shape index (κ1) is 43.9. The van der Waals surface area contributed by atoms with Gasteiger partial charge in [-0.3, -0.25) is 32.3 Å². The molecule has 1 amide bonds. The number of phosphoric acid groups is 2. The quantitative estimate of drug-likeness (QED) is 0.0434. The van der Waals surface area contributed by atoms with Crippen molar-refractivity contribution in [2.45, 2.75) is 80.9 Å². The van der Waals surface area contributed by atoms with Crippen molar-refractivity contribution in [3.63, 3.8) is 0 Å². The molecule has 57 heavy (non-hydrogen) atoms. The second kappa shape index (κ2) is 17.8. The summed E-state index contributed by atoms with van der Waals surface area (Å²) in [6.45, 7) is -2.18. The van der Waals surface area contributed by atoms with Gasteiger partial charge in [-0.25, -0.2) is 28.9 Å². The van der Waals surface area contributed by atoms with E-state index in [1.807, 2.05) is 0 Å². The fourth-order valence-corrected chi connectivity index (χ4v) is 7.03. The summed E-state index contributed by atoms with van der Waals surface area (Å²) in [5.74, 6) is -3.41. The molecule has 2 aliphatic heterocycles. The number of ether oxygens (including phenoxy) is 3. The summed E-state index contributed by atoms with van der Waals surface area (Å²) >= 11 is 0. The van der Waals surface area contributed by atoms with Gasteiger partial charge in [0.1, 0.15) is 54.3 Å². The van der Waals surface area contributed by atoms with E-state index in [0.717, 1.165) is 10.9 Å². The second-order valence-corrected chi connectivity index (χ2v) is 15.1. The van der Waals surface area contributed by atoms with Crippen LogP contribution in [0.25, 0.3) is 11.2 Å². The minimum atomic E-state index is -5.23. The first-order valence-corrected chi connectivity index (χ1v) is 19.6. The second-order valence-electron chi connectivity index (χ2n) is 12.5. The van der Waals surface area contributed by atoms with E-state index >= 15 is 0 Å². The number of hydrogen-bond acceptors (Lipinski definition) is 19. The summed E-state index contributed by atoms with van der Waals surface area (Å²) < 4.78 is 96.1. The molecular formula is C27H37F3N10O15P2. The lowest BCUT2D eigenvalue weighted by atomic mass is 10.1. The van der Waals surface area contributed by atoms with E-state index < -0.39 is 102 Å². The van der Waals surface area contributed by atoms with Crippen LogP contribution in [0.1, 0.15) is 38.1 Å². The highest BCUT2D eigenvalue weighted by atomic mass is 31.2. The van der Waals surface area contributed by atoms with Crippen LogP contribution < -0.4 is 28.2 Å². The van der Waals surface area contributed by atoms with Crippen molar-refractivity contribution >= 4 is 50.3 Å². The topological polar surface area (TPSA) is 373 Å². The minimum absolute atomic E-state index is 0.00760. The number of aromatic nitrogens is 6. The molecule has 9 atom stereocenters. The Morgan fingerprint density at radius 1 is 1.05 bits per heavy atom. The van der Waals surface area contributed by atoms with Crippen molar-refractivity contribution in [3.8, 4) is 0 Å². The van der Waals surface area contributed by atoms with E-state index in [9.17, 15) is 56.5 Å². The van der Waals surface area contributed by atoms with Gasteiger partial charge in [-0.15, -0.1) is 0 Å². The van der Waals surface area contributed by atoms with Crippen LogP contribution in [0.3, 0.4) is 0 Å². The van der Waals surface area contributed by atoms with Gasteiger partial charge in [0.25, 0.3) is 0 Å². The summed E-state index contributed by atoms with van der Waals surface area (Å²) in [7, 11) is -10.3. The van der Waals surface area contributed by atoms with Crippen molar-refractivity contribution in [2.75, 3.05) is 31.2 Å². The monoisotopic (exact) mass is 860 g/mol. The van der Waals surface area contributed by atoms with Gasteiger partial charge in [0.05, 0.1) is 19.5 Å². The molecular weight excluding hydrogens is 823 g/mol. The molecule has 2 aliphatic rings. The van der Waals surface area contributed by atoms with Gasteiger partial charge in [-0.05, 0) is 25.3 Å². The number of nitrogens with zero attached hydrogens (tertiary/aromatic N) is 6. The summed E-state index contributed by atoms with van der Waals surface area (Å²) in [4.78, 5) is 81.2. The molecule has 2 fully saturated rings. The number of unbranched alkanes of at least 4 members (excludes halogenated alkanes) is 1. The number of carbonyl (C=O) groups is 2. The van der Waals surface area contributed by atoms with Crippen LogP contribution in [0, 0.1) is 0 Å². The Labute approximate surface area is 317 Å². The van der Waals surface area contributed by atoms with E-state index in [0.29, 0.717) is 0 Å². The summed E-state index contributed by atoms with van der Waals surface area (Å²) in [5, 5.41) is 13.0. The third kappa shape index (κ3) is 11.3. The number of esters is 1. The number of hydrogen-bond donors (Lipinski definition) is 8. The third-order valence-electron chi connectivity index (χ3n) is 8.43. The molecule has 3 aromatic heterocycles. The molecule has 2 saturated heterocycles. The maximum atomic E-state index is 13.3. The van der Waals surface area contributed by atoms with Gasteiger partial charge in [0, 0.05) is 19.2 Å². The molecule has 0 bridgehead atoms. The normalized spacial score (nSPS) is 25.6. The van der Waals surface area contributed by atoms with E-state index in [1.54, 1.807) is 5.32 Å². The van der Waals surface area contributed by atoms with Crippen LogP contribution in [0.15, 0.2) is 29.7 Å². The number of aliphatic hydroxyl groups is 1. The molecule has 316 valence electrons. The predicted molar refractivity (Wildman–Crippen MR) is 181 cm³/mol. The Morgan fingerprint density at radius 2 is 1.77 bits per heavy atom. The van der Waals surface area contributed by atoms with Crippen LogP contribution in [-0.4, -0.2) is 123 Å². The molecule has 2 unspecified atom stereocenters. The van der Waals surface area contributed by atoms with E-state index in [1.165, 1.54) is 23.2 Å². The number of phosphoric ester groups is 2. The Bertz CT molecular complexity index is 2070. The fraction of sp³-hybridized carbons (Fsp3) is 0.593. The predicted octanol–water partition coefficient (Wildman–Crippen LogP) is -1.51. The number of amides is 1. The van der Waals surface area contributed by atoms with Crippen molar-refractivity contribution in [3.05, 3.63) is 35.4 Å². The highest BCUT2D eigenvalue weighted by molar-refractivity contribution is 7.47. The number of alkyl halides is 3. The number of nitrogens with two attached hydrogens (primary N) is 3. The molecule has 0 saturated carbocycles. The van der Waals surface area contributed by atoms with Crippen molar-refractivity contribution in [1.82, 2.24) is 34.4 Å². The van der Waals surface area contributed by atoms with Gasteiger partial charge in [-0.1, -0.05) is 0 Å². The molecule has 0 spiro atoms. The smallest absolute Gasteiger partial charge is 0.455 e. The Balaban J connectivity index is 1.29. The number of aliphatic hydroxyl groups excluding tert-OH is 1. The maximum Gasteiger partial charge on any atom is 0.472 e. The van der Waals surface area contributed by atoms with Gasteiger partial charge in [0.2, 0.25) is 0 Å². The number of imidazole rings is 1. The number of nitrogens with one attached hydrogen (secondary N) is 1. The summed E-state index contributed by atoms with van der Waals surface area (Å²) in [6.07, 6.45) is -12.7. The molecule has 30 heteroatoms. The zero-order valence-electron chi connectivity index (χ0n) is 29.1. The van der Waals surface area contributed by atoms with E-state index in [2.05, 4.69) is 24.5 Å². The fourth-order valence-electron chi connectivity index (χ4n) is 5.73. The number of rotatable bonds is 17. The first-order chi connectivity index (χ1) is 26.6. The summed E-state index contributed by atoms with van der Waals surface area (Å²) in [5.41, 5.74) is 16.6. The standard InChI is InChI=1S/C27H37F3N10O15P2/c28-27(29,30)25(43)34-5-2-1-3-12(31)24(42)54-20-15(53-23(19(20)41)40-11-37-18-21(33)35-10-36-22(18)40)9-51-57(48,49)55-13-7-17(39-6-4-16(32)38-26(39)44)52-14(13)8-50-56(45,46)47/h4,6,10-15,17,19-20,23,41H,1-3,5,7-9,31H2,(H,34,43)(H,48,49)(H2,32,38,44)(H2,33,35,36)(H2,45,46,47)/t12?,13-,14+,15-,17+,19+,20+,23+/m0/s1. The number of halogens is 3. The molecule has 11 N–H and O–H groups in total. The van der Waals surface area contributed by atoms with Crippen LogP contribution in [-0.2, 0) is 46.5 Å². The van der Waals surface area contributed by atoms with Crippen molar-refractivity contribution < 1.29 is 79.5 Å². The van der Waals surface area contributed by atoms with Crippen LogP contribution in [0.2, 0.25) is 0 Å². The molecule has 3 aromatic rings. The van der Waals surface area contributed by atoms with Crippen LogP contribution >= 0.6 is 15.6 Å². The van der Waals surface area contributed by atoms with Crippen molar-refractivity contribution in [2.24, 2.45) is 5.73 Å². The molecule has 5 heterocycles. The molecule has 0 aromatic carbocycles. The minimum Gasteiger partial charge on any atom is -0.455 e. The molecule has 0 aliphatic carbocycles. The largest absolute Gasteiger partial charge is 0.472 e. The Morgan fingerprint density at radius 3 is 2.46 bits per heavy atom. The lowest BCUT2D eigenvalue weighted by molar-refractivity contribution is -0.173. The lowest BCUT2D eigenvalue weighted by Crippen LogP contribution is -2.43. The van der Waals surface area contributed by atoms with Gasteiger partial charge in [0.15, 0.2) is 23.8 Å². The zero-order valence-corrected chi connectivity index (χ0v) is 30.9. The van der Waals surface area contributed by atoms with Gasteiger partial charge < -0.3 is 56.5 Å². The maximum absolute atomic E-state index is 13.3. The Kier molecular flexibility index (Phi) is 13.7. The number of anilines is 2. The number of carbonyl (C=O) groups excluding carboxylic acids is 2. The lowest BCUT2D eigenvalue weighted by Gasteiger charge is -2.24. The highest BCUT2D eigenvalue weighted by Crippen LogP contribution is 2.50. The SMILES string of the molecule is Nc1ccn([C@H]2C[C@H](OP(=O)(O)OC[C@@H]3O[C@@H](n4cnc5c(N)ncnc54)[C@H](O)[C@@H]3OC(=O)C(N)CCCCNC(=O)C(F)(F)F)[C@@H](COP(=O)(O)O)O2)c(=O)n1.